The van der Waals surface area contributed by atoms with Crippen molar-refractivity contribution in [1.82, 2.24) is 9.97 Å². The second-order valence-electron chi connectivity index (χ2n) is 4.72. The Morgan fingerprint density at radius 3 is 1.90 bits per heavy atom. The third-order valence-corrected chi connectivity index (χ3v) is 3.02. The van der Waals surface area contributed by atoms with E-state index >= 15 is 0 Å². The van der Waals surface area contributed by atoms with E-state index in [1.54, 1.807) is 24.5 Å². The first-order chi connectivity index (χ1) is 10.2. The number of benzene rings is 2. The van der Waals surface area contributed by atoms with Crippen LogP contribution in [0.5, 0.6) is 17.5 Å². The zero-order valence-electron chi connectivity index (χ0n) is 11.5. The summed E-state index contributed by atoms with van der Waals surface area (Å²) in [7, 11) is 0. The SMILES string of the molecule is Cc1cnc(Oc2ccc(-c3ccc(O)cc3)cc2)nc1. The maximum atomic E-state index is 9.30. The van der Waals surface area contributed by atoms with Crippen LogP contribution < -0.4 is 4.74 Å². The van der Waals surface area contributed by atoms with Gasteiger partial charge in [0.2, 0.25) is 0 Å². The van der Waals surface area contributed by atoms with Gasteiger partial charge in [-0.15, -0.1) is 0 Å². The molecule has 1 N–H and O–H groups in total. The lowest BCUT2D eigenvalue weighted by Crippen LogP contribution is -1.91. The van der Waals surface area contributed by atoms with E-state index in [0.29, 0.717) is 11.8 Å². The van der Waals surface area contributed by atoms with Gasteiger partial charge in [-0.25, -0.2) is 9.97 Å². The molecule has 0 radical (unpaired) electrons. The first-order valence-corrected chi connectivity index (χ1v) is 6.57. The Kier molecular flexibility index (Phi) is 3.51. The minimum atomic E-state index is 0.259. The van der Waals surface area contributed by atoms with E-state index in [-0.39, 0.29) is 5.75 Å². The molecule has 0 fully saturated rings. The van der Waals surface area contributed by atoms with Crippen molar-refractivity contribution in [3.8, 4) is 28.6 Å². The fraction of sp³-hybridized carbons (Fsp3) is 0.0588. The molecule has 0 aliphatic carbocycles. The van der Waals surface area contributed by atoms with Crippen LogP contribution in [0.15, 0.2) is 60.9 Å². The molecular formula is C17H14N2O2. The maximum absolute atomic E-state index is 9.30. The minimum absolute atomic E-state index is 0.259. The Morgan fingerprint density at radius 1 is 0.810 bits per heavy atom. The van der Waals surface area contributed by atoms with Crippen LogP contribution in [0.3, 0.4) is 0 Å². The highest BCUT2D eigenvalue weighted by molar-refractivity contribution is 5.64. The lowest BCUT2D eigenvalue weighted by atomic mass is 10.1. The third-order valence-electron chi connectivity index (χ3n) is 3.02. The molecule has 4 nitrogen and oxygen atoms in total. The highest BCUT2D eigenvalue weighted by Crippen LogP contribution is 2.25. The van der Waals surface area contributed by atoms with Gasteiger partial charge in [0.15, 0.2) is 0 Å². The molecule has 0 unspecified atom stereocenters. The summed E-state index contributed by atoms with van der Waals surface area (Å²) in [6.07, 6.45) is 3.43. The number of phenolic OH excluding ortho intramolecular Hbond substituents is 1. The number of nitrogens with zero attached hydrogens (tertiary/aromatic N) is 2. The van der Waals surface area contributed by atoms with Gasteiger partial charge in [-0.05, 0) is 47.9 Å². The molecule has 2 aromatic carbocycles. The van der Waals surface area contributed by atoms with Gasteiger partial charge in [-0.2, -0.15) is 0 Å². The molecule has 0 saturated heterocycles. The predicted octanol–water partition coefficient (Wildman–Crippen LogP) is 3.95. The molecule has 1 heterocycles. The summed E-state index contributed by atoms with van der Waals surface area (Å²) in [4.78, 5) is 8.21. The number of phenols is 1. The van der Waals surface area contributed by atoms with Crippen LogP contribution in [-0.4, -0.2) is 15.1 Å². The standard InChI is InChI=1S/C17H14N2O2/c1-12-10-18-17(19-11-12)21-16-8-4-14(5-9-16)13-2-6-15(20)7-3-13/h2-11,20H,1H3. The van der Waals surface area contributed by atoms with Crippen molar-refractivity contribution in [1.29, 1.82) is 0 Å². The van der Waals surface area contributed by atoms with Crippen molar-refractivity contribution in [3.63, 3.8) is 0 Å². The number of hydrogen-bond donors (Lipinski definition) is 1. The van der Waals surface area contributed by atoms with Crippen LogP contribution in [-0.2, 0) is 0 Å². The topological polar surface area (TPSA) is 55.2 Å². The van der Waals surface area contributed by atoms with Gasteiger partial charge in [-0.1, -0.05) is 24.3 Å². The van der Waals surface area contributed by atoms with Crippen LogP contribution in [0.2, 0.25) is 0 Å². The summed E-state index contributed by atoms with van der Waals surface area (Å²) >= 11 is 0. The molecule has 3 aromatic rings. The Labute approximate surface area is 122 Å². The average Bonchev–Trinajstić information content (AvgIpc) is 2.51. The summed E-state index contributed by atoms with van der Waals surface area (Å²) in [5, 5.41) is 9.30. The summed E-state index contributed by atoms with van der Waals surface area (Å²) in [5.74, 6) is 0.941. The zero-order valence-corrected chi connectivity index (χ0v) is 11.5. The molecular weight excluding hydrogens is 264 g/mol. The Hall–Kier alpha value is -2.88. The number of aromatic nitrogens is 2. The number of hydrogen-bond acceptors (Lipinski definition) is 4. The van der Waals surface area contributed by atoms with Crippen molar-refractivity contribution in [2.24, 2.45) is 0 Å². The van der Waals surface area contributed by atoms with Crippen LogP contribution in [0.25, 0.3) is 11.1 Å². The van der Waals surface area contributed by atoms with E-state index in [4.69, 9.17) is 4.74 Å². The van der Waals surface area contributed by atoms with E-state index in [1.807, 2.05) is 43.3 Å². The molecule has 1 aromatic heterocycles. The summed E-state index contributed by atoms with van der Waals surface area (Å²) in [6.45, 7) is 1.93. The average molecular weight is 278 g/mol. The summed E-state index contributed by atoms with van der Waals surface area (Å²) in [5.41, 5.74) is 3.07. The molecule has 104 valence electrons. The number of aryl methyl sites for hydroxylation is 1. The molecule has 4 heteroatoms. The van der Waals surface area contributed by atoms with Gasteiger partial charge in [0.05, 0.1) is 0 Å². The van der Waals surface area contributed by atoms with Crippen molar-refractivity contribution in [2.75, 3.05) is 0 Å². The van der Waals surface area contributed by atoms with E-state index in [0.717, 1.165) is 16.7 Å². The van der Waals surface area contributed by atoms with Crippen molar-refractivity contribution < 1.29 is 9.84 Å². The van der Waals surface area contributed by atoms with Crippen LogP contribution >= 0.6 is 0 Å². The molecule has 0 spiro atoms. The van der Waals surface area contributed by atoms with Gasteiger partial charge in [0, 0.05) is 12.4 Å². The zero-order chi connectivity index (χ0) is 14.7. The largest absolute Gasteiger partial charge is 0.508 e. The van der Waals surface area contributed by atoms with Gasteiger partial charge in [0.25, 0.3) is 0 Å². The van der Waals surface area contributed by atoms with Gasteiger partial charge >= 0.3 is 6.01 Å². The van der Waals surface area contributed by atoms with Crippen molar-refractivity contribution >= 4 is 0 Å². The lowest BCUT2D eigenvalue weighted by molar-refractivity contribution is 0.441. The van der Waals surface area contributed by atoms with Crippen LogP contribution in [0.4, 0.5) is 0 Å². The predicted molar refractivity (Wildman–Crippen MR) is 80.4 cm³/mol. The molecule has 0 bridgehead atoms. The van der Waals surface area contributed by atoms with E-state index in [9.17, 15) is 5.11 Å². The van der Waals surface area contributed by atoms with Gasteiger partial charge < -0.3 is 9.84 Å². The normalized spacial score (nSPS) is 10.3. The Morgan fingerprint density at radius 2 is 1.33 bits per heavy atom. The maximum Gasteiger partial charge on any atom is 0.321 e. The molecule has 0 amide bonds. The monoisotopic (exact) mass is 278 g/mol. The van der Waals surface area contributed by atoms with E-state index in [1.165, 1.54) is 0 Å². The van der Waals surface area contributed by atoms with Crippen LogP contribution in [0, 0.1) is 6.92 Å². The molecule has 0 saturated carbocycles. The molecule has 0 aliphatic heterocycles. The second-order valence-corrected chi connectivity index (χ2v) is 4.72. The number of ether oxygens (including phenoxy) is 1. The number of rotatable bonds is 3. The fourth-order valence-corrected chi connectivity index (χ4v) is 1.91. The Bertz CT molecular complexity index is 720. The molecule has 0 atom stereocenters. The molecule has 3 rings (SSSR count). The molecule has 0 aliphatic rings. The van der Waals surface area contributed by atoms with Crippen LogP contribution in [0.1, 0.15) is 5.56 Å². The quantitative estimate of drug-likeness (QED) is 0.788. The smallest absolute Gasteiger partial charge is 0.321 e. The fourth-order valence-electron chi connectivity index (χ4n) is 1.91. The summed E-state index contributed by atoms with van der Waals surface area (Å²) < 4.78 is 5.58. The van der Waals surface area contributed by atoms with Gasteiger partial charge in [-0.3, -0.25) is 0 Å². The van der Waals surface area contributed by atoms with Crippen molar-refractivity contribution in [2.45, 2.75) is 6.92 Å². The minimum Gasteiger partial charge on any atom is -0.508 e. The van der Waals surface area contributed by atoms with Gasteiger partial charge in [0.1, 0.15) is 11.5 Å². The highest BCUT2D eigenvalue weighted by atomic mass is 16.5. The first kappa shape index (κ1) is 13.1. The highest BCUT2D eigenvalue weighted by Gasteiger charge is 2.02. The first-order valence-electron chi connectivity index (χ1n) is 6.57. The third kappa shape index (κ3) is 3.17. The lowest BCUT2D eigenvalue weighted by Gasteiger charge is -2.06. The second kappa shape index (κ2) is 5.63. The van der Waals surface area contributed by atoms with Crippen molar-refractivity contribution in [3.05, 3.63) is 66.5 Å². The summed E-state index contributed by atoms with van der Waals surface area (Å²) in [6, 6.07) is 15.0. The van der Waals surface area contributed by atoms with E-state index < -0.39 is 0 Å². The Balaban J connectivity index is 1.77. The van der Waals surface area contributed by atoms with E-state index in [2.05, 4.69) is 9.97 Å². The number of aromatic hydroxyl groups is 1. The molecule has 21 heavy (non-hydrogen) atoms.